The Balaban J connectivity index is 3.08. The molecule has 2 nitrogen and oxygen atoms in total. The summed E-state index contributed by atoms with van der Waals surface area (Å²) in [6.45, 7) is 3.94. The molecule has 0 saturated heterocycles. The third-order valence-corrected chi connectivity index (χ3v) is 2.80. The molecule has 0 aliphatic carbocycles. The highest BCUT2D eigenvalue weighted by Crippen LogP contribution is 2.33. The molecular formula is C13H15F3N2. The van der Waals surface area contributed by atoms with Crippen LogP contribution in [0.15, 0.2) is 18.2 Å². The van der Waals surface area contributed by atoms with Gasteiger partial charge in [-0.25, -0.2) is 0 Å². The van der Waals surface area contributed by atoms with Crippen LogP contribution in [-0.4, -0.2) is 6.04 Å². The summed E-state index contributed by atoms with van der Waals surface area (Å²) in [7, 11) is 0. The predicted octanol–water partition coefficient (Wildman–Crippen LogP) is 4.18. The Morgan fingerprint density at radius 3 is 2.33 bits per heavy atom. The van der Waals surface area contributed by atoms with Crippen LogP contribution >= 0.6 is 0 Å². The average Bonchev–Trinajstić information content (AvgIpc) is 2.34. The molecule has 1 aromatic rings. The van der Waals surface area contributed by atoms with E-state index in [1.54, 1.807) is 6.07 Å². The minimum absolute atomic E-state index is 0.138. The molecule has 1 N–H and O–H groups in total. The SMILES string of the molecule is CCC(CC)Nc1ccc(C#N)c(C(F)(F)F)c1. The van der Waals surface area contributed by atoms with Gasteiger partial charge in [0.2, 0.25) is 0 Å². The van der Waals surface area contributed by atoms with Crippen LogP contribution in [0.1, 0.15) is 37.8 Å². The molecule has 0 fully saturated rings. The normalized spacial score (nSPS) is 11.4. The van der Waals surface area contributed by atoms with Gasteiger partial charge in [-0.05, 0) is 31.0 Å². The number of nitriles is 1. The van der Waals surface area contributed by atoms with Gasteiger partial charge < -0.3 is 5.32 Å². The summed E-state index contributed by atoms with van der Waals surface area (Å²) >= 11 is 0. The predicted molar refractivity (Wildman–Crippen MR) is 64.2 cm³/mol. The lowest BCUT2D eigenvalue weighted by atomic mass is 10.1. The van der Waals surface area contributed by atoms with Gasteiger partial charge in [-0.15, -0.1) is 0 Å². The first-order chi connectivity index (χ1) is 8.42. The van der Waals surface area contributed by atoms with Crippen molar-refractivity contribution in [3.05, 3.63) is 29.3 Å². The molecule has 0 saturated carbocycles. The monoisotopic (exact) mass is 256 g/mol. The van der Waals surface area contributed by atoms with E-state index in [2.05, 4.69) is 5.32 Å². The maximum Gasteiger partial charge on any atom is 0.417 e. The van der Waals surface area contributed by atoms with E-state index in [1.807, 2.05) is 13.8 Å². The number of hydrogen-bond donors (Lipinski definition) is 1. The topological polar surface area (TPSA) is 35.8 Å². The van der Waals surface area contributed by atoms with Crippen LogP contribution in [0.25, 0.3) is 0 Å². The fourth-order valence-electron chi connectivity index (χ4n) is 1.69. The summed E-state index contributed by atoms with van der Waals surface area (Å²) < 4.78 is 38.2. The van der Waals surface area contributed by atoms with Crippen molar-refractivity contribution in [1.82, 2.24) is 0 Å². The Bertz CT molecular complexity index is 443. The fraction of sp³-hybridized carbons (Fsp3) is 0.462. The number of benzene rings is 1. The summed E-state index contributed by atoms with van der Waals surface area (Å²) in [5.74, 6) is 0. The molecule has 5 heteroatoms. The third kappa shape index (κ3) is 3.39. The molecule has 1 aromatic carbocycles. The molecule has 1 rings (SSSR count). The Labute approximate surface area is 104 Å². The van der Waals surface area contributed by atoms with Crippen LogP contribution in [0.2, 0.25) is 0 Å². The summed E-state index contributed by atoms with van der Waals surface area (Å²) in [5, 5.41) is 11.7. The number of hydrogen-bond acceptors (Lipinski definition) is 2. The summed E-state index contributed by atoms with van der Waals surface area (Å²) in [4.78, 5) is 0. The highest BCUT2D eigenvalue weighted by atomic mass is 19.4. The van der Waals surface area contributed by atoms with E-state index in [1.165, 1.54) is 12.1 Å². The van der Waals surface area contributed by atoms with Gasteiger partial charge in [0.1, 0.15) is 0 Å². The first kappa shape index (κ1) is 14.4. The zero-order valence-corrected chi connectivity index (χ0v) is 10.3. The van der Waals surface area contributed by atoms with Crippen molar-refractivity contribution in [3.63, 3.8) is 0 Å². The van der Waals surface area contributed by atoms with Crippen LogP contribution < -0.4 is 5.32 Å². The molecule has 0 aliphatic rings. The molecule has 0 amide bonds. The molecule has 0 bridgehead atoms. The van der Waals surface area contributed by atoms with E-state index in [9.17, 15) is 13.2 Å². The number of nitrogens with one attached hydrogen (secondary N) is 1. The van der Waals surface area contributed by atoms with E-state index < -0.39 is 11.7 Å². The number of halogens is 3. The molecule has 0 atom stereocenters. The Morgan fingerprint density at radius 2 is 1.89 bits per heavy atom. The maximum atomic E-state index is 12.7. The highest BCUT2D eigenvalue weighted by Gasteiger charge is 2.33. The Morgan fingerprint density at radius 1 is 1.28 bits per heavy atom. The summed E-state index contributed by atoms with van der Waals surface area (Å²) in [6.07, 6.45) is -2.84. The maximum absolute atomic E-state index is 12.7. The van der Waals surface area contributed by atoms with E-state index in [-0.39, 0.29) is 11.6 Å². The molecule has 0 heterocycles. The van der Waals surface area contributed by atoms with E-state index in [0.29, 0.717) is 5.69 Å². The van der Waals surface area contributed by atoms with Crippen molar-refractivity contribution in [2.24, 2.45) is 0 Å². The lowest BCUT2D eigenvalue weighted by molar-refractivity contribution is -0.137. The first-order valence-corrected chi connectivity index (χ1v) is 5.80. The fourth-order valence-corrected chi connectivity index (χ4v) is 1.69. The number of anilines is 1. The largest absolute Gasteiger partial charge is 0.417 e. The van der Waals surface area contributed by atoms with E-state index in [0.717, 1.165) is 18.9 Å². The van der Waals surface area contributed by atoms with Crippen molar-refractivity contribution in [2.45, 2.75) is 38.9 Å². The molecule has 0 unspecified atom stereocenters. The van der Waals surface area contributed by atoms with Crippen LogP contribution in [0.3, 0.4) is 0 Å². The molecule has 98 valence electrons. The second kappa shape index (κ2) is 5.76. The second-order valence-electron chi connectivity index (χ2n) is 4.03. The molecule has 0 radical (unpaired) electrons. The van der Waals surface area contributed by atoms with Gasteiger partial charge in [-0.3, -0.25) is 0 Å². The van der Waals surface area contributed by atoms with Gasteiger partial charge in [-0.1, -0.05) is 13.8 Å². The van der Waals surface area contributed by atoms with Crippen molar-refractivity contribution in [2.75, 3.05) is 5.32 Å². The number of nitrogens with zero attached hydrogens (tertiary/aromatic N) is 1. The van der Waals surface area contributed by atoms with Crippen LogP contribution in [0.4, 0.5) is 18.9 Å². The van der Waals surface area contributed by atoms with Crippen molar-refractivity contribution in [1.29, 1.82) is 5.26 Å². The minimum atomic E-state index is -4.50. The Kier molecular flexibility index (Phi) is 4.60. The van der Waals surface area contributed by atoms with Gasteiger partial charge in [-0.2, -0.15) is 18.4 Å². The van der Waals surface area contributed by atoms with Gasteiger partial charge in [0.25, 0.3) is 0 Å². The summed E-state index contributed by atoms with van der Waals surface area (Å²) in [6, 6.07) is 5.41. The molecular weight excluding hydrogens is 241 g/mol. The van der Waals surface area contributed by atoms with E-state index >= 15 is 0 Å². The zero-order chi connectivity index (χ0) is 13.8. The van der Waals surface area contributed by atoms with Gasteiger partial charge >= 0.3 is 6.18 Å². The smallest absolute Gasteiger partial charge is 0.382 e. The van der Waals surface area contributed by atoms with Crippen LogP contribution in [0, 0.1) is 11.3 Å². The zero-order valence-electron chi connectivity index (χ0n) is 10.3. The summed E-state index contributed by atoms with van der Waals surface area (Å²) in [5.41, 5.74) is -0.839. The lowest BCUT2D eigenvalue weighted by Crippen LogP contribution is -2.18. The quantitative estimate of drug-likeness (QED) is 0.877. The number of alkyl halides is 3. The van der Waals surface area contributed by atoms with Gasteiger partial charge in [0.15, 0.2) is 0 Å². The van der Waals surface area contributed by atoms with Gasteiger partial charge in [0.05, 0.1) is 17.2 Å². The molecule has 18 heavy (non-hydrogen) atoms. The second-order valence-corrected chi connectivity index (χ2v) is 4.03. The number of rotatable bonds is 4. The van der Waals surface area contributed by atoms with Crippen molar-refractivity contribution in [3.8, 4) is 6.07 Å². The standard InChI is InChI=1S/C13H15F3N2/c1-3-10(4-2)18-11-6-5-9(8-17)12(7-11)13(14,15)16/h5-7,10,18H,3-4H2,1-2H3. The van der Waals surface area contributed by atoms with Crippen molar-refractivity contribution >= 4 is 5.69 Å². The lowest BCUT2D eigenvalue weighted by Gasteiger charge is -2.18. The third-order valence-electron chi connectivity index (χ3n) is 2.80. The molecule has 0 aliphatic heterocycles. The highest BCUT2D eigenvalue weighted by molar-refractivity contribution is 5.53. The molecule has 0 aromatic heterocycles. The first-order valence-electron chi connectivity index (χ1n) is 5.80. The molecule has 0 spiro atoms. The van der Waals surface area contributed by atoms with E-state index in [4.69, 9.17) is 5.26 Å². The van der Waals surface area contributed by atoms with Gasteiger partial charge in [0, 0.05) is 11.7 Å². The van der Waals surface area contributed by atoms with Crippen molar-refractivity contribution < 1.29 is 13.2 Å². The Hall–Kier alpha value is -1.70. The van der Waals surface area contributed by atoms with Crippen LogP contribution in [0.5, 0.6) is 0 Å². The minimum Gasteiger partial charge on any atom is -0.382 e. The van der Waals surface area contributed by atoms with Crippen LogP contribution in [-0.2, 0) is 6.18 Å². The average molecular weight is 256 g/mol.